The summed E-state index contributed by atoms with van der Waals surface area (Å²) in [6.07, 6.45) is 3.36. The van der Waals surface area contributed by atoms with Crippen molar-refractivity contribution in [3.63, 3.8) is 0 Å². The second-order valence-electron chi connectivity index (χ2n) is 3.21. The van der Waals surface area contributed by atoms with Crippen molar-refractivity contribution in [2.24, 2.45) is 5.92 Å². The fraction of sp³-hybridized carbons (Fsp3) is 0.625. The van der Waals surface area contributed by atoms with E-state index in [4.69, 9.17) is 10.5 Å². The summed E-state index contributed by atoms with van der Waals surface area (Å²) in [4.78, 5) is 0. The molecule has 0 saturated heterocycles. The van der Waals surface area contributed by atoms with Crippen LogP contribution in [0.15, 0.2) is 12.4 Å². The summed E-state index contributed by atoms with van der Waals surface area (Å²) in [7, 11) is 0. The van der Waals surface area contributed by atoms with Crippen LogP contribution in [0.3, 0.4) is 0 Å². The lowest BCUT2D eigenvalue weighted by molar-refractivity contribution is 0.0505. The standard InChI is InChI=1S/C8H15N3O/c1-7(2)5-12-6-11-4-8(9)3-10-11/h3-4,7H,5-6,9H2,1-2H3. The van der Waals surface area contributed by atoms with Crippen LogP contribution in [0.1, 0.15) is 13.8 Å². The van der Waals surface area contributed by atoms with Crippen molar-refractivity contribution >= 4 is 5.69 Å². The van der Waals surface area contributed by atoms with E-state index in [2.05, 4.69) is 18.9 Å². The van der Waals surface area contributed by atoms with E-state index in [1.54, 1.807) is 17.1 Å². The maximum Gasteiger partial charge on any atom is 0.139 e. The lowest BCUT2D eigenvalue weighted by Crippen LogP contribution is -2.07. The first-order chi connectivity index (χ1) is 5.68. The molecule has 4 heteroatoms. The molecule has 0 unspecified atom stereocenters. The Labute approximate surface area is 72.3 Å². The summed E-state index contributed by atoms with van der Waals surface area (Å²) in [5.74, 6) is 0.554. The fourth-order valence-corrected chi connectivity index (χ4v) is 0.832. The number of nitrogens with two attached hydrogens (primary N) is 1. The van der Waals surface area contributed by atoms with E-state index in [0.717, 1.165) is 6.61 Å². The maximum absolute atomic E-state index is 5.47. The van der Waals surface area contributed by atoms with E-state index in [0.29, 0.717) is 18.3 Å². The zero-order chi connectivity index (χ0) is 8.97. The van der Waals surface area contributed by atoms with Crippen LogP contribution in [0.5, 0.6) is 0 Å². The number of nitrogen functional groups attached to an aromatic ring is 1. The minimum Gasteiger partial charge on any atom is -0.396 e. The Bertz CT molecular complexity index is 232. The third-order valence-electron chi connectivity index (χ3n) is 1.33. The zero-order valence-electron chi connectivity index (χ0n) is 7.53. The van der Waals surface area contributed by atoms with E-state index >= 15 is 0 Å². The second-order valence-corrected chi connectivity index (χ2v) is 3.21. The van der Waals surface area contributed by atoms with Gasteiger partial charge in [-0.3, -0.25) is 0 Å². The van der Waals surface area contributed by atoms with Gasteiger partial charge in [0.1, 0.15) is 6.73 Å². The number of ether oxygens (including phenoxy) is 1. The van der Waals surface area contributed by atoms with Gasteiger partial charge >= 0.3 is 0 Å². The Kier molecular flexibility index (Phi) is 3.10. The van der Waals surface area contributed by atoms with Crippen molar-refractivity contribution in [3.05, 3.63) is 12.4 Å². The SMILES string of the molecule is CC(C)COCn1cc(N)cn1. The minimum atomic E-state index is 0.482. The van der Waals surface area contributed by atoms with Gasteiger partial charge in [0.25, 0.3) is 0 Å². The quantitative estimate of drug-likeness (QED) is 0.734. The van der Waals surface area contributed by atoms with Crippen molar-refractivity contribution in [2.45, 2.75) is 20.6 Å². The fourth-order valence-electron chi connectivity index (χ4n) is 0.832. The molecule has 4 nitrogen and oxygen atoms in total. The highest BCUT2D eigenvalue weighted by molar-refractivity contribution is 5.30. The van der Waals surface area contributed by atoms with Crippen molar-refractivity contribution in [1.29, 1.82) is 0 Å². The topological polar surface area (TPSA) is 53.1 Å². The normalized spacial score (nSPS) is 10.9. The largest absolute Gasteiger partial charge is 0.396 e. The molecule has 0 amide bonds. The molecule has 0 aliphatic heterocycles. The maximum atomic E-state index is 5.47. The molecule has 0 radical (unpaired) electrons. The van der Waals surface area contributed by atoms with E-state index in [1.165, 1.54) is 0 Å². The van der Waals surface area contributed by atoms with Gasteiger partial charge in [0.2, 0.25) is 0 Å². The summed E-state index contributed by atoms with van der Waals surface area (Å²) in [5, 5.41) is 3.98. The zero-order valence-corrected chi connectivity index (χ0v) is 7.53. The first kappa shape index (κ1) is 9.06. The summed E-state index contributed by atoms with van der Waals surface area (Å²) in [6.45, 7) is 5.45. The molecule has 0 bridgehead atoms. The summed E-state index contributed by atoms with van der Waals surface area (Å²) in [6, 6.07) is 0. The molecule has 12 heavy (non-hydrogen) atoms. The van der Waals surface area contributed by atoms with Gasteiger partial charge in [-0.15, -0.1) is 0 Å². The number of aromatic nitrogens is 2. The lowest BCUT2D eigenvalue weighted by atomic mass is 10.2. The van der Waals surface area contributed by atoms with Gasteiger partial charge in [0.05, 0.1) is 24.7 Å². The van der Waals surface area contributed by atoms with Gasteiger partial charge in [-0.25, -0.2) is 4.68 Å². The smallest absolute Gasteiger partial charge is 0.139 e. The number of hydrogen-bond donors (Lipinski definition) is 1. The molecule has 0 aliphatic rings. The second kappa shape index (κ2) is 4.11. The molecule has 1 aromatic heterocycles. The van der Waals surface area contributed by atoms with Crippen molar-refractivity contribution < 1.29 is 4.74 Å². The summed E-state index contributed by atoms with van der Waals surface area (Å²) in [5.41, 5.74) is 6.14. The number of nitrogens with zero attached hydrogens (tertiary/aromatic N) is 2. The summed E-state index contributed by atoms with van der Waals surface area (Å²) < 4.78 is 7.02. The molecule has 0 aromatic carbocycles. The molecule has 0 spiro atoms. The van der Waals surface area contributed by atoms with Crippen LogP contribution < -0.4 is 5.73 Å². The van der Waals surface area contributed by atoms with Crippen LogP contribution in [-0.4, -0.2) is 16.4 Å². The highest BCUT2D eigenvalue weighted by atomic mass is 16.5. The van der Waals surface area contributed by atoms with Crippen molar-refractivity contribution in [1.82, 2.24) is 9.78 Å². The Hall–Kier alpha value is -1.03. The van der Waals surface area contributed by atoms with E-state index in [1.807, 2.05) is 0 Å². The third-order valence-corrected chi connectivity index (χ3v) is 1.33. The third kappa shape index (κ3) is 2.92. The highest BCUT2D eigenvalue weighted by Crippen LogP contribution is 1.99. The molecule has 68 valence electrons. The van der Waals surface area contributed by atoms with Crippen LogP contribution in [-0.2, 0) is 11.5 Å². The van der Waals surface area contributed by atoms with Gasteiger partial charge in [-0.2, -0.15) is 5.10 Å². The molecule has 1 heterocycles. The monoisotopic (exact) mass is 169 g/mol. The van der Waals surface area contributed by atoms with Gasteiger partial charge in [-0.05, 0) is 5.92 Å². The van der Waals surface area contributed by atoms with Gasteiger partial charge in [-0.1, -0.05) is 13.8 Å². The average molecular weight is 169 g/mol. The molecule has 1 rings (SSSR count). The first-order valence-electron chi connectivity index (χ1n) is 4.04. The van der Waals surface area contributed by atoms with E-state index in [-0.39, 0.29) is 0 Å². The van der Waals surface area contributed by atoms with Crippen LogP contribution >= 0.6 is 0 Å². The minimum absolute atomic E-state index is 0.482. The van der Waals surface area contributed by atoms with Gasteiger partial charge in [0.15, 0.2) is 0 Å². The van der Waals surface area contributed by atoms with Crippen molar-refractivity contribution in [3.8, 4) is 0 Å². The van der Waals surface area contributed by atoms with Crippen LogP contribution in [0.4, 0.5) is 5.69 Å². The molecule has 0 atom stereocenters. The average Bonchev–Trinajstić information content (AvgIpc) is 2.35. The molecule has 2 N–H and O–H groups in total. The Balaban J connectivity index is 2.24. The number of rotatable bonds is 4. The molecule has 0 aliphatic carbocycles. The first-order valence-corrected chi connectivity index (χ1v) is 4.04. The number of anilines is 1. The Morgan fingerprint density at radius 2 is 2.42 bits per heavy atom. The van der Waals surface area contributed by atoms with Crippen LogP contribution in [0.25, 0.3) is 0 Å². The number of hydrogen-bond acceptors (Lipinski definition) is 3. The Morgan fingerprint density at radius 3 is 2.92 bits per heavy atom. The lowest BCUT2D eigenvalue weighted by Gasteiger charge is -2.05. The van der Waals surface area contributed by atoms with Gasteiger partial charge in [0, 0.05) is 0 Å². The predicted molar refractivity (Wildman–Crippen MR) is 47.4 cm³/mol. The van der Waals surface area contributed by atoms with E-state index in [9.17, 15) is 0 Å². The van der Waals surface area contributed by atoms with Crippen LogP contribution in [0.2, 0.25) is 0 Å². The van der Waals surface area contributed by atoms with Gasteiger partial charge < -0.3 is 10.5 Å². The molecular weight excluding hydrogens is 154 g/mol. The van der Waals surface area contributed by atoms with Crippen molar-refractivity contribution in [2.75, 3.05) is 12.3 Å². The predicted octanol–water partition coefficient (Wildman–Crippen LogP) is 1.10. The van der Waals surface area contributed by atoms with Crippen LogP contribution in [0, 0.1) is 5.92 Å². The Morgan fingerprint density at radius 1 is 1.67 bits per heavy atom. The molecular formula is C8H15N3O. The summed E-state index contributed by atoms with van der Waals surface area (Å²) >= 11 is 0. The van der Waals surface area contributed by atoms with E-state index < -0.39 is 0 Å². The molecule has 1 aromatic rings. The highest BCUT2D eigenvalue weighted by Gasteiger charge is 1.95. The molecule has 0 saturated carbocycles. The molecule has 0 fully saturated rings.